The van der Waals surface area contributed by atoms with Gasteiger partial charge in [0.05, 0.1) is 11.4 Å². The Kier molecular flexibility index (Phi) is 3.00. The van der Waals surface area contributed by atoms with E-state index in [2.05, 4.69) is 5.32 Å². The van der Waals surface area contributed by atoms with Gasteiger partial charge in [0.2, 0.25) is 0 Å². The van der Waals surface area contributed by atoms with Gasteiger partial charge in [-0.3, -0.25) is 0 Å². The molecule has 0 saturated carbocycles. The van der Waals surface area contributed by atoms with Gasteiger partial charge in [-0.05, 0) is 55.3 Å². The molecule has 88 valence electrons. The van der Waals surface area contributed by atoms with Crippen molar-refractivity contribution in [2.45, 2.75) is 13.8 Å². The van der Waals surface area contributed by atoms with Gasteiger partial charge in [0.1, 0.15) is 5.82 Å². The van der Waals surface area contributed by atoms with Gasteiger partial charge in [0.15, 0.2) is 0 Å². The van der Waals surface area contributed by atoms with Crippen molar-refractivity contribution in [2.24, 2.45) is 0 Å². The molecule has 2 nitrogen and oxygen atoms in total. The molecule has 17 heavy (non-hydrogen) atoms. The molecule has 3 heteroatoms. The highest BCUT2D eigenvalue weighted by molar-refractivity contribution is 5.74. The fourth-order valence-electron chi connectivity index (χ4n) is 1.69. The summed E-state index contributed by atoms with van der Waals surface area (Å²) in [6.07, 6.45) is 0. The highest BCUT2D eigenvalue weighted by Gasteiger charge is 2.03. The number of rotatable bonds is 2. The average molecular weight is 230 g/mol. The summed E-state index contributed by atoms with van der Waals surface area (Å²) < 4.78 is 13.0. The predicted octanol–water partition coefficient (Wildman–Crippen LogP) is 3.77. The number of halogens is 1. The first kappa shape index (κ1) is 11.5. The molecular formula is C14H15FN2. The maximum atomic E-state index is 13.0. The molecule has 0 saturated heterocycles. The molecular weight excluding hydrogens is 215 g/mol. The summed E-state index contributed by atoms with van der Waals surface area (Å²) in [5.41, 5.74) is 10.3. The first-order valence-corrected chi connectivity index (χ1v) is 5.45. The van der Waals surface area contributed by atoms with E-state index in [1.54, 1.807) is 6.07 Å². The SMILES string of the molecule is Cc1ccc(N)c(Nc2ccc(F)cc2C)c1. The van der Waals surface area contributed by atoms with Crippen molar-refractivity contribution >= 4 is 17.1 Å². The van der Waals surface area contributed by atoms with Gasteiger partial charge in [-0.15, -0.1) is 0 Å². The lowest BCUT2D eigenvalue weighted by Crippen LogP contribution is -1.98. The minimum Gasteiger partial charge on any atom is -0.397 e. The van der Waals surface area contributed by atoms with E-state index >= 15 is 0 Å². The summed E-state index contributed by atoms with van der Waals surface area (Å²) in [6, 6.07) is 10.4. The first-order valence-electron chi connectivity index (χ1n) is 5.45. The van der Waals surface area contributed by atoms with Crippen molar-refractivity contribution in [1.29, 1.82) is 0 Å². The molecule has 0 atom stereocenters. The number of nitrogen functional groups attached to an aromatic ring is 1. The van der Waals surface area contributed by atoms with E-state index < -0.39 is 0 Å². The lowest BCUT2D eigenvalue weighted by atomic mass is 10.1. The second-order valence-electron chi connectivity index (χ2n) is 4.17. The van der Waals surface area contributed by atoms with Crippen molar-refractivity contribution in [3.63, 3.8) is 0 Å². The summed E-state index contributed by atoms with van der Waals surface area (Å²) >= 11 is 0. The molecule has 0 amide bonds. The van der Waals surface area contributed by atoms with Crippen LogP contribution in [0.15, 0.2) is 36.4 Å². The molecule has 0 aliphatic heterocycles. The van der Waals surface area contributed by atoms with E-state index in [9.17, 15) is 4.39 Å². The zero-order valence-corrected chi connectivity index (χ0v) is 9.92. The molecule has 0 spiro atoms. The van der Waals surface area contributed by atoms with Gasteiger partial charge in [0, 0.05) is 5.69 Å². The van der Waals surface area contributed by atoms with Crippen molar-refractivity contribution in [2.75, 3.05) is 11.1 Å². The quantitative estimate of drug-likeness (QED) is 0.771. The maximum absolute atomic E-state index is 13.0. The minimum absolute atomic E-state index is 0.231. The van der Waals surface area contributed by atoms with E-state index in [0.29, 0.717) is 5.69 Å². The summed E-state index contributed by atoms with van der Waals surface area (Å²) in [6.45, 7) is 3.86. The lowest BCUT2D eigenvalue weighted by molar-refractivity contribution is 0.627. The van der Waals surface area contributed by atoms with Crippen LogP contribution < -0.4 is 11.1 Å². The molecule has 0 aliphatic carbocycles. The molecule has 2 aromatic carbocycles. The molecule has 0 aliphatic rings. The zero-order valence-electron chi connectivity index (χ0n) is 9.92. The van der Waals surface area contributed by atoms with Crippen LogP contribution in [-0.2, 0) is 0 Å². The van der Waals surface area contributed by atoms with Crippen LogP contribution in [0.5, 0.6) is 0 Å². The largest absolute Gasteiger partial charge is 0.397 e. The minimum atomic E-state index is -0.231. The Morgan fingerprint density at radius 1 is 1.00 bits per heavy atom. The fraction of sp³-hybridized carbons (Fsp3) is 0.143. The zero-order chi connectivity index (χ0) is 12.4. The molecule has 0 bridgehead atoms. The van der Waals surface area contributed by atoms with E-state index in [-0.39, 0.29) is 5.82 Å². The monoisotopic (exact) mass is 230 g/mol. The third-order valence-electron chi connectivity index (χ3n) is 2.67. The number of benzene rings is 2. The Bertz CT molecular complexity index is 550. The first-order chi connectivity index (χ1) is 8.06. The van der Waals surface area contributed by atoms with Crippen LogP contribution in [-0.4, -0.2) is 0 Å². The van der Waals surface area contributed by atoms with Crippen LogP contribution in [0.4, 0.5) is 21.5 Å². The third kappa shape index (κ3) is 2.56. The summed E-state index contributed by atoms with van der Waals surface area (Å²) in [5.74, 6) is -0.231. The van der Waals surface area contributed by atoms with Crippen LogP contribution in [0, 0.1) is 19.7 Å². The van der Waals surface area contributed by atoms with Gasteiger partial charge < -0.3 is 11.1 Å². The van der Waals surface area contributed by atoms with E-state index in [0.717, 1.165) is 22.5 Å². The molecule has 2 rings (SSSR count). The third-order valence-corrected chi connectivity index (χ3v) is 2.67. The number of aryl methyl sites for hydroxylation is 2. The van der Waals surface area contributed by atoms with Gasteiger partial charge >= 0.3 is 0 Å². The normalized spacial score (nSPS) is 10.3. The smallest absolute Gasteiger partial charge is 0.123 e. The predicted molar refractivity (Wildman–Crippen MR) is 70.0 cm³/mol. The Hall–Kier alpha value is -2.03. The van der Waals surface area contributed by atoms with E-state index in [1.165, 1.54) is 12.1 Å². The number of hydrogen-bond acceptors (Lipinski definition) is 2. The molecule has 0 aromatic heterocycles. The Balaban J connectivity index is 2.34. The van der Waals surface area contributed by atoms with Crippen molar-refractivity contribution in [3.05, 3.63) is 53.3 Å². The van der Waals surface area contributed by atoms with Crippen molar-refractivity contribution < 1.29 is 4.39 Å². The number of nitrogens with one attached hydrogen (secondary N) is 1. The topological polar surface area (TPSA) is 38.0 Å². The highest BCUT2D eigenvalue weighted by atomic mass is 19.1. The van der Waals surface area contributed by atoms with Crippen molar-refractivity contribution in [3.8, 4) is 0 Å². The fourth-order valence-corrected chi connectivity index (χ4v) is 1.69. The summed E-state index contributed by atoms with van der Waals surface area (Å²) in [4.78, 5) is 0. The van der Waals surface area contributed by atoms with Gasteiger partial charge in [-0.1, -0.05) is 6.07 Å². The molecule has 3 N–H and O–H groups in total. The van der Waals surface area contributed by atoms with Gasteiger partial charge in [-0.25, -0.2) is 4.39 Å². The second-order valence-corrected chi connectivity index (χ2v) is 4.17. The standard InChI is InChI=1S/C14H15FN2/c1-9-3-5-12(16)14(7-9)17-13-6-4-11(15)8-10(13)2/h3-8,17H,16H2,1-2H3. The molecule has 2 aromatic rings. The summed E-state index contributed by atoms with van der Waals surface area (Å²) in [7, 11) is 0. The summed E-state index contributed by atoms with van der Waals surface area (Å²) in [5, 5.41) is 3.22. The van der Waals surface area contributed by atoms with Crippen molar-refractivity contribution in [1.82, 2.24) is 0 Å². The molecule has 0 unspecified atom stereocenters. The van der Waals surface area contributed by atoms with E-state index in [1.807, 2.05) is 32.0 Å². The van der Waals surface area contributed by atoms with Crippen LogP contribution in [0.1, 0.15) is 11.1 Å². The number of anilines is 3. The second kappa shape index (κ2) is 4.45. The van der Waals surface area contributed by atoms with Gasteiger partial charge in [0.25, 0.3) is 0 Å². The highest BCUT2D eigenvalue weighted by Crippen LogP contribution is 2.26. The molecule has 0 radical (unpaired) electrons. The van der Waals surface area contributed by atoms with Crippen LogP contribution in [0.25, 0.3) is 0 Å². The Labute approximate surface area is 100 Å². The Morgan fingerprint density at radius 3 is 2.47 bits per heavy atom. The van der Waals surface area contributed by atoms with E-state index in [4.69, 9.17) is 5.73 Å². The lowest BCUT2D eigenvalue weighted by Gasteiger charge is -2.12. The maximum Gasteiger partial charge on any atom is 0.123 e. The Morgan fingerprint density at radius 2 is 1.76 bits per heavy atom. The average Bonchev–Trinajstić information content (AvgIpc) is 2.27. The molecule has 0 fully saturated rings. The van der Waals surface area contributed by atoms with Crippen LogP contribution in [0.2, 0.25) is 0 Å². The number of nitrogens with two attached hydrogens (primary N) is 1. The van der Waals surface area contributed by atoms with Gasteiger partial charge in [-0.2, -0.15) is 0 Å². The van der Waals surface area contributed by atoms with Crippen LogP contribution >= 0.6 is 0 Å². The van der Waals surface area contributed by atoms with Crippen LogP contribution in [0.3, 0.4) is 0 Å². The molecule has 0 heterocycles. The number of hydrogen-bond donors (Lipinski definition) is 2.